The minimum absolute atomic E-state index is 0.215. The number of carbonyl (C=O) groups is 2. The summed E-state index contributed by atoms with van der Waals surface area (Å²) >= 11 is 5.94. The van der Waals surface area contributed by atoms with Gasteiger partial charge in [-0.1, -0.05) is 30.9 Å². The first-order valence-electron chi connectivity index (χ1n) is 6.94. The van der Waals surface area contributed by atoms with Crippen LogP contribution in [0.1, 0.15) is 42.5 Å². The fourth-order valence-corrected chi connectivity index (χ4v) is 2.73. The molecule has 0 atom stereocenters. The number of amides is 1. The summed E-state index contributed by atoms with van der Waals surface area (Å²) in [5.74, 6) is -0.767. The van der Waals surface area contributed by atoms with Crippen LogP contribution >= 0.6 is 11.6 Å². The molecule has 5 nitrogen and oxygen atoms in total. The first kappa shape index (κ1) is 15.8. The van der Waals surface area contributed by atoms with Crippen molar-refractivity contribution in [2.75, 3.05) is 12.4 Å². The first-order valence-corrected chi connectivity index (χ1v) is 7.32. The zero-order valence-corrected chi connectivity index (χ0v) is 12.7. The van der Waals surface area contributed by atoms with Gasteiger partial charge in [0.2, 0.25) is 5.91 Å². The molecule has 1 amide bonds. The molecule has 6 heteroatoms. The third kappa shape index (κ3) is 3.54. The molecule has 1 aromatic carbocycles. The van der Waals surface area contributed by atoms with E-state index in [4.69, 9.17) is 17.3 Å². The lowest BCUT2D eigenvalue weighted by Crippen LogP contribution is -2.52. The number of rotatable bonds is 3. The summed E-state index contributed by atoms with van der Waals surface area (Å²) in [6.45, 7) is 0. The Morgan fingerprint density at radius 3 is 2.57 bits per heavy atom. The van der Waals surface area contributed by atoms with Crippen molar-refractivity contribution in [1.29, 1.82) is 0 Å². The second-order valence-electron chi connectivity index (χ2n) is 5.36. The summed E-state index contributed by atoms with van der Waals surface area (Å²) in [4.78, 5) is 23.9. The Morgan fingerprint density at radius 2 is 1.95 bits per heavy atom. The summed E-state index contributed by atoms with van der Waals surface area (Å²) < 4.78 is 4.65. The number of benzene rings is 1. The number of nitrogens with two attached hydrogens (primary N) is 1. The number of hydrogen-bond donors (Lipinski definition) is 2. The van der Waals surface area contributed by atoms with E-state index in [-0.39, 0.29) is 16.5 Å². The average molecular weight is 311 g/mol. The van der Waals surface area contributed by atoms with Crippen molar-refractivity contribution in [3.63, 3.8) is 0 Å². The Morgan fingerprint density at radius 1 is 1.29 bits per heavy atom. The fraction of sp³-hybridized carbons (Fsp3) is 0.467. The van der Waals surface area contributed by atoms with E-state index in [1.165, 1.54) is 13.2 Å². The van der Waals surface area contributed by atoms with Crippen LogP contribution in [0.2, 0.25) is 5.02 Å². The molecule has 0 heterocycles. The molecule has 0 saturated heterocycles. The smallest absolute Gasteiger partial charge is 0.339 e. The molecular weight excluding hydrogens is 292 g/mol. The Kier molecular flexibility index (Phi) is 4.85. The largest absolute Gasteiger partial charge is 0.465 e. The van der Waals surface area contributed by atoms with E-state index in [0.717, 1.165) is 19.3 Å². The van der Waals surface area contributed by atoms with Crippen LogP contribution in [0.5, 0.6) is 0 Å². The Hall–Kier alpha value is -1.59. The number of carbonyl (C=O) groups excluding carboxylic acids is 2. The topological polar surface area (TPSA) is 81.4 Å². The zero-order valence-electron chi connectivity index (χ0n) is 11.9. The van der Waals surface area contributed by atoms with Gasteiger partial charge in [-0.15, -0.1) is 0 Å². The van der Waals surface area contributed by atoms with Crippen LogP contribution in [0.3, 0.4) is 0 Å². The van der Waals surface area contributed by atoms with Crippen LogP contribution in [0.25, 0.3) is 0 Å². The number of anilines is 1. The monoisotopic (exact) mass is 310 g/mol. The molecule has 21 heavy (non-hydrogen) atoms. The molecule has 0 spiro atoms. The van der Waals surface area contributed by atoms with E-state index < -0.39 is 11.5 Å². The van der Waals surface area contributed by atoms with Gasteiger partial charge in [-0.3, -0.25) is 4.79 Å². The van der Waals surface area contributed by atoms with Gasteiger partial charge in [0.25, 0.3) is 0 Å². The number of esters is 1. The Labute approximate surface area is 128 Å². The molecule has 3 N–H and O–H groups in total. The molecule has 0 aromatic heterocycles. The lowest BCUT2D eigenvalue weighted by Gasteiger charge is -2.31. The summed E-state index contributed by atoms with van der Waals surface area (Å²) in [7, 11) is 1.28. The fourth-order valence-electron chi connectivity index (χ4n) is 2.53. The van der Waals surface area contributed by atoms with E-state index in [1.54, 1.807) is 12.1 Å². The van der Waals surface area contributed by atoms with Gasteiger partial charge < -0.3 is 15.8 Å². The molecular formula is C15H19ClN2O3. The van der Waals surface area contributed by atoms with Crippen LogP contribution < -0.4 is 11.1 Å². The van der Waals surface area contributed by atoms with Crippen molar-refractivity contribution in [3.8, 4) is 0 Å². The maximum absolute atomic E-state index is 12.3. The van der Waals surface area contributed by atoms with Crippen LogP contribution in [-0.2, 0) is 9.53 Å². The zero-order chi connectivity index (χ0) is 15.5. The van der Waals surface area contributed by atoms with Gasteiger partial charge in [-0.05, 0) is 31.0 Å². The van der Waals surface area contributed by atoms with Crippen molar-refractivity contribution in [2.45, 2.75) is 37.6 Å². The SMILES string of the molecule is COC(=O)c1cc(NC(=O)C2(N)CCCCC2)ccc1Cl. The molecule has 1 aromatic rings. The summed E-state index contributed by atoms with van der Waals surface area (Å²) in [6.07, 6.45) is 4.38. The van der Waals surface area contributed by atoms with Crippen LogP contribution in [0, 0.1) is 0 Å². The number of hydrogen-bond acceptors (Lipinski definition) is 4. The Balaban J connectivity index is 2.16. The maximum atomic E-state index is 12.3. The van der Waals surface area contributed by atoms with Crippen molar-refractivity contribution in [2.24, 2.45) is 5.73 Å². The molecule has 1 fully saturated rings. The molecule has 1 aliphatic carbocycles. The van der Waals surface area contributed by atoms with Crippen LogP contribution in [0.15, 0.2) is 18.2 Å². The van der Waals surface area contributed by atoms with E-state index >= 15 is 0 Å². The maximum Gasteiger partial charge on any atom is 0.339 e. The molecule has 0 aliphatic heterocycles. The lowest BCUT2D eigenvalue weighted by molar-refractivity contribution is -0.122. The minimum Gasteiger partial charge on any atom is -0.465 e. The molecule has 0 radical (unpaired) electrons. The minimum atomic E-state index is -0.830. The highest BCUT2D eigenvalue weighted by molar-refractivity contribution is 6.33. The predicted octanol–water partition coefficient (Wildman–Crippen LogP) is 2.73. The van der Waals surface area contributed by atoms with Gasteiger partial charge >= 0.3 is 5.97 Å². The van der Waals surface area contributed by atoms with Gasteiger partial charge in [0, 0.05) is 5.69 Å². The summed E-state index contributed by atoms with van der Waals surface area (Å²) in [5, 5.41) is 3.05. The number of halogens is 1. The van der Waals surface area contributed by atoms with Gasteiger partial charge in [-0.2, -0.15) is 0 Å². The van der Waals surface area contributed by atoms with Gasteiger partial charge in [0.1, 0.15) is 0 Å². The van der Waals surface area contributed by atoms with Crippen molar-refractivity contribution in [1.82, 2.24) is 0 Å². The lowest BCUT2D eigenvalue weighted by atomic mass is 9.82. The predicted molar refractivity (Wildman–Crippen MR) is 81.4 cm³/mol. The first-order chi connectivity index (χ1) is 9.96. The Bertz CT molecular complexity index is 554. The molecule has 0 bridgehead atoms. The van der Waals surface area contributed by atoms with Gasteiger partial charge in [-0.25, -0.2) is 4.79 Å². The molecule has 1 saturated carbocycles. The highest BCUT2D eigenvalue weighted by Crippen LogP contribution is 2.28. The number of methoxy groups -OCH3 is 1. The normalized spacial score (nSPS) is 17.1. The highest BCUT2D eigenvalue weighted by atomic mass is 35.5. The quantitative estimate of drug-likeness (QED) is 0.841. The third-order valence-corrected chi connectivity index (χ3v) is 4.16. The third-order valence-electron chi connectivity index (χ3n) is 3.83. The van der Waals surface area contributed by atoms with Crippen molar-refractivity contribution >= 4 is 29.2 Å². The second-order valence-corrected chi connectivity index (χ2v) is 5.76. The summed E-state index contributed by atoms with van der Waals surface area (Å²) in [6, 6.07) is 4.69. The number of nitrogens with one attached hydrogen (secondary N) is 1. The number of ether oxygens (including phenoxy) is 1. The van der Waals surface area contributed by atoms with Gasteiger partial charge in [0.05, 0.1) is 23.2 Å². The van der Waals surface area contributed by atoms with Crippen LogP contribution in [-0.4, -0.2) is 24.5 Å². The van der Waals surface area contributed by atoms with E-state index in [9.17, 15) is 9.59 Å². The second kappa shape index (κ2) is 6.45. The molecule has 1 aliphatic rings. The van der Waals surface area contributed by atoms with E-state index in [2.05, 4.69) is 10.1 Å². The average Bonchev–Trinajstić information content (AvgIpc) is 2.49. The molecule has 2 rings (SSSR count). The molecule has 114 valence electrons. The summed E-state index contributed by atoms with van der Waals surface area (Å²) in [5.41, 5.74) is 6.05. The van der Waals surface area contributed by atoms with E-state index in [1.807, 2.05) is 0 Å². The standard InChI is InChI=1S/C15H19ClN2O3/c1-21-13(19)11-9-10(5-6-12(11)16)18-14(20)15(17)7-3-2-4-8-15/h5-6,9H,2-4,7-8,17H2,1H3,(H,18,20). The molecule has 0 unspecified atom stereocenters. The highest BCUT2D eigenvalue weighted by Gasteiger charge is 2.35. The van der Waals surface area contributed by atoms with Crippen molar-refractivity contribution < 1.29 is 14.3 Å². The van der Waals surface area contributed by atoms with Gasteiger partial charge in [0.15, 0.2) is 0 Å². The van der Waals surface area contributed by atoms with E-state index in [0.29, 0.717) is 18.5 Å². The van der Waals surface area contributed by atoms with Crippen LogP contribution in [0.4, 0.5) is 5.69 Å². The van der Waals surface area contributed by atoms with Crippen molar-refractivity contribution in [3.05, 3.63) is 28.8 Å².